The summed E-state index contributed by atoms with van der Waals surface area (Å²) in [5.41, 5.74) is 10.2. The Morgan fingerprint density at radius 1 is 0.326 bits per heavy atom. The fourth-order valence-corrected chi connectivity index (χ4v) is 8.06. The number of benzene rings is 8. The van der Waals surface area contributed by atoms with Crippen LogP contribution >= 0.6 is 11.8 Å². The largest absolute Gasteiger partial charge is 0.0888 e. The smallest absolute Gasteiger partial charge is 0.0207 e. The Hall–Kier alpha value is -5.11. The summed E-state index contributed by atoms with van der Waals surface area (Å²) in [5.74, 6) is 0. The predicted molar refractivity (Wildman–Crippen MR) is 185 cm³/mol. The van der Waals surface area contributed by atoms with Crippen molar-refractivity contribution < 1.29 is 0 Å². The van der Waals surface area contributed by atoms with Crippen molar-refractivity contribution in [3.8, 4) is 44.5 Å². The van der Waals surface area contributed by atoms with Gasteiger partial charge in [0.1, 0.15) is 0 Å². The molecule has 0 fully saturated rings. The standard InChI is InChI=1S/C42H26S/c1-2-10-28(11-3-1)40-32-14-4-6-16-34(32)41(35-17-7-5-15-33(35)40)30-22-20-27(21-23-30)31-24-25-38-37(26-31)36-18-8-12-29-13-9-19-39(43-38)42(29)36/h1-26H. The molecule has 8 aromatic rings. The maximum absolute atomic E-state index is 2.38. The molecule has 0 aliphatic carbocycles. The number of hydrogen-bond acceptors (Lipinski definition) is 1. The first-order valence-electron chi connectivity index (χ1n) is 14.8. The first kappa shape index (κ1) is 24.5. The maximum Gasteiger partial charge on any atom is 0.0207 e. The fraction of sp³-hybridized carbons (Fsp3) is 0. The second-order valence-electron chi connectivity index (χ2n) is 11.3. The van der Waals surface area contributed by atoms with Crippen molar-refractivity contribution in [1.82, 2.24) is 0 Å². The molecule has 1 heteroatoms. The van der Waals surface area contributed by atoms with Crippen LogP contribution in [0.4, 0.5) is 0 Å². The van der Waals surface area contributed by atoms with Crippen LogP contribution in [0.2, 0.25) is 0 Å². The molecule has 8 aromatic carbocycles. The van der Waals surface area contributed by atoms with E-state index in [9.17, 15) is 0 Å². The van der Waals surface area contributed by atoms with Crippen molar-refractivity contribution in [2.75, 3.05) is 0 Å². The van der Waals surface area contributed by atoms with E-state index in [0.717, 1.165) is 0 Å². The molecule has 0 N–H and O–H groups in total. The zero-order valence-electron chi connectivity index (χ0n) is 23.4. The van der Waals surface area contributed by atoms with E-state index in [1.165, 1.54) is 86.6 Å². The van der Waals surface area contributed by atoms with Gasteiger partial charge in [-0.25, -0.2) is 0 Å². The van der Waals surface area contributed by atoms with Gasteiger partial charge in [0, 0.05) is 15.2 Å². The van der Waals surface area contributed by atoms with Crippen LogP contribution in [0, 0.1) is 0 Å². The zero-order valence-corrected chi connectivity index (χ0v) is 24.2. The molecule has 1 aliphatic heterocycles. The topological polar surface area (TPSA) is 0 Å². The first-order valence-corrected chi connectivity index (χ1v) is 15.6. The summed E-state index contributed by atoms with van der Waals surface area (Å²) < 4.78 is 0. The SMILES string of the molecule is c1ccc(-c2c3ccccc3c(-c3ccc(-c4ccc5c(c4)-c4cccc6cccc(c46)S5)cc3)c3ccccc23)cc1. The number of fused-ring (bicyclic) bond motifs is 4. The Balaban J connectivity index is 1.19. The van der Waals surface area contributed by atoms with Crippen LogP contribution < -0.4 is 0 Å². The summed E-state index contributed by atoms with van der Waals surface area (Å²) in [6, 6.07) is 57.9. The molecular weight excluding hydrogens is 537 g/mol. The molecule has 0 atom stereocenters. The van der Waals surface area contributed by atoms with Crippen LogP contribution in [0.1, 0.15) is 0 Å². The van der Waals surface area contributed by atoms with Gasteiger partial charge in [-0.15, -0.1) is 0 Å². The summed E-state index contributed by atoms with van der Waals surface area (Å²) in [6.45, 7) is 0. The van der Waals surface area contributed by atoms with E-state index in [1.54, 1.807) is 0 Å². The van der Waals surface area contributed by atoms with E-state index in [2.05, 4.69) is 158 Å². The lowest BCUT2D eigenvalue weighted by atomic mass is 9.85. The van der Waals surface area contributed by atoms with E-state index >= 15 is 0 Å². The summed E-state index contributed by atoms with van der Waals surface area (Å²) in [4.78, 5) is 2.67. The van der Waals surface area contributed by atoms with Gasteiger partial charge in [-0.1, -0.05) is 151 Å². The van der Waals surface area contributed by atoms with E-state index in [1.807, 2.05) is 11.8 Å². The number of rotatable bonds is 3. The van der Waals surface area contributed by atoms with Crippen LogP contribution in [0.5, 0.6) is 0 Å². The summed E-state index contributed by atoms with van der Waals surface area (Å²) in [6.07, 6.45) is 0. The van der Waals surface area contributed by atoms with E-state index in [-0.39, 0.29) is 0 Å². The van der Waals surface area contributed by atoms with Crippen molar-refractivity contribution >= 4 is 44.1 Å². The molecule has 1 heterocycles. The molecule has 1 aliphatic rings. The predicted octanol–water partition coefficient (Wildman–Crippen LogP) is 12.3. The van der Waals surface area contributed by atoms with Crippen LogP contribution in [0.15, 0.2) is 168 Å². The lowest BCUT2D eigenvalue weighted by molar-refractivity contribution is 1.39. The molecular formula is C42H26S. The minimum Gasteiger partial charge on any atom is -0.0888 e. The minimum atomic E-state index is 1.23. The monoisotopic (exact) mass is 562 g/mol. The summed E-state index contributed by atoms with van der Waals surface area (Å²) in [5, 5.41) is 7.81. The molecule has 43 heavy (non-hydrogen) atoms. The van der Waals surface area contributed by atoms with E-state index in [4.69, 9.17) is 0 Å². The van der Waals surface area contributed by atoms with Crippen molar-refractivity contribution in [2.24, 2.45) is 0 Å². The average Bonchev–Trinajstić information content (AvgIpc) is 3.08. The van der Waals surface area contributed by atoms with Crippen molar-refractivity contribution in [1.29, 1.82) is 0 Å². The lowest BCUT2D eigenvalue weighted by Crippen LogP contribution is -1.93. The third kappa shape index (κ3) is 3.86. The zero-order chi connectivity index (χ0) is 28.3. The van der Waals surface area contributed by atoms with Gasteiger partial charge in [0.25, 0.3) is 0 Å². The normalized spacial score (nSPS) is 12.1. The number of hydrogen-bond donors (Lipinski definition) is 0. The maximum atomic E-state index is 2.38. The Kier molecular flexibility index (Phi) is 5.54. The Bertz CT molecular complexity index is 2290. The second-order valence-corrected chi connectivity index (χ2v) is 12.3. The molecule has 0 saturated heterocycles. The highest BCUT2D eigenvalue weighted by molar-refractivity contribution is 7.99. The molecule has 0 spiro atoms. The minimum absolute atomic E-state index is 1.23. The van der Waals surface area contributed by atoms with Crippen molar-refractivity contribution in [3.63, 3.8) is 0 Å². The highest BCUT2D eigenvalue weighted by atomic mass is 32.2. The van der Waals surface area contributed by atoms with Crippen molar-refractivity contribution in [3.05, 3.63) is 158 Å². The van der Waals surface area contributed by atoms with Crippen LogP contribution in [0.3, 0.4) is 0 Å². The molecule has 9 rings (SSSR count). The van der Waals surface area contributed by atoms with E-state index < -0.39 is 0 Å². The molecule has 0 saturated carbocycles. The van der Waals surface area contributed by atoms with Gasteiger partial charge < -0.3 is 0 Å². The van der Waals surface area contributed by atoms with Crippen molar-refractivity contribution in [2.45, 2.75) is 9.79 Å². The van der Waals surface area contributed by atoms with Gasteiger partial charge in [-0.05, 0) is 89.6 Å². The summed E-state index contributed by atoms with van der Waals surface area (Å²) in [7, 11) is 0. The van der Waals surface area contributed by atoms with Gasteiger partial charge in [-0.3, -0.25) is 0 Å². The van der Waals surface area contributed by atoms with Crippen LogP contribution in [0.25, 0.3) is 76.8 Å². The average molecular weight is 563 g/mol. The first-order chi connectivity index (χ1) is 21.3. The van der Waals surface area contributed by atoms with Gasteiger partial charge in [0.15, 0.2) is 0 Å². The van der Waals surface area contributed by atoms with Gasteiger partial charge in [0.2, 0.25) is 0 Å². The van der Waals surface area contributed by atoms with E-state index in [0.29, 0.717) is 0 Å². The molecule has 0 aromatic heterocycles. The van der Waals surface area contributed by atoms with Gasteiger partial charge >= 0.3 is 0 Å². The molecule has 200 valence electrons. The summed E-state index contributed by atoms with van der Waals surface area (Å²) >= 11 is 1.88. The van der Waals surface area contributed by atoms with Gasteiger partial charge in [0.05, 0.1) is 0 Å². The fourth-order valence-electron chi connectivity index (χ4n) is 6.93. The quantitative estimate of drug-likeness (QED) is 0.193. The Labute approximate surface area is 255 Å². The Morgan fingerprint density at radius 2 is 0.860 bits per heavy atom. The van der Waals surface area contributed by atoms with Crippen LogP contribution in [-0.4, -0.2) is 0 Å². The lowest BCUT2D eigenvalue weighted by Gasteiger charge is -2.21. The molecule has 0 radical (unpaired) electrons. The second kappa shape index (κ2) is 9.73. The third-order valence-corrected chi connectivity index (χ3v) is 9.99. The molecule has 0 nitrogen and oxygen atoms in total. The highest BCUT2D eigenvalue weighted by Gasteiger charge is 2.20. The molecule has 0 bridgehead atoms. The van der Waals surface area contributed by atoms with Gasteiger partial charge in [-0.2, -0.15) is 0 Å². The highest BCUT2D eigenvalue weighted by Crippen LogP contribution is 2.49. The molecule has 0 unspecified atom stereocenters. The molecule has 0 amide bonds. The third-order valence-electron chi connectivity index (χ3n) is 8.86. The Morgan fingerprint density at radius 3 is 1.51 bits per heavy atom. The van der Waals surface area contributed by atoms with Crippen LogP contribution in [-0.2, 0) is 0 Å².